The van der Waals surface area contributed by atoms with Crippen molar-refractivity contribution in [3.63, 3.8) is 0 Å². The van der Waals surface area contributed by atoms with Crippen LogP contribution in [0.15, 0.2) is 35.1 Å². The van der Waals surface area contributed by atoms with Crippen LogP contribution in [-0.4, -0.2) is 15.8 Å². The van der Waals surface area contributed by atoms with Crippen LogP contribution in [0.25, 0.3) is 10.9 Å². The molecule has 21 heavy (non-hydrogen) atoms. The number of halogens is 2. The zero-order valence-electron chi connectivity index (χ0n) is 12.2. The van der Waals surface area contributed by atoms with E-state index in [1.54, 1.807) is 6.07 Å². The molecule has 1 aromatic carbocycles. The number of rotatable bonds is 8. The van der Waals surface area contributed by atoms with Crippen molar-refractivity contribution < 1.29 is 0 Å². The summed E-state index contributed by atoms with van der Waals surface area (Å²) in [4.78, 5) is 12.1. The third kappa shape index (κ3) is 4.58. The predicted octanol–water partition coefficient (Wildman–Crippen LogP) is 4.74. The number of aromatic nitrogens is 1. The monoisotopic (exact) mass is 369 g/mol. The van der Waals surface area contributed by atoms with Crippen molar-refractivity contribution in [2.75, 3.05) is 11.2 Å². The molecule has 0 radical (unpaired) electrons. The third-order valence-electron chi connectivity index (χ3n) is 3.67. The fraction of sp³-hybridized carbons (Fsp3) is 0.471. The van der Waals surface area contributed by atoms with Crippen LogP contribution in [0.2, 0.25) is 0 Å². The van der Waals surface area contributed by atoms with Gasteiger partial charge in [-0.1, -0.05) is 28.1 Å². The lowest BCUT2D eigenvalue weighted by Gasteiger charge is -2.11. The SMILES string of the molecule is O=c1ccc2ccc(CCCCBr)cc2n1CCCCCl. The van der Waals surface area contributed by atoms with Crippen molar-refractivity contribution in [3.05, 3.63) is 46.2 Å². The van der Waals surface area contributed by atoms with Gasteiger partial charge in [0.05, 0.1) is 5.52 Å². The van der Waals surface area contributed by atoms with Crippen LogP contribution in [0.1, 0.15) is 31.2 Å². The van der Waals surface area contributed by atoms with E-state index >= 15 is 0 Å². The van der Waals surface area contributed by atoms with E-state index in [0.29, 0.717) is 5.88 Å². The predicted molar refractivity (Wildman–Crippen MR) is 94.9 cm³/mol. The Morgan fingerprint density at radius 1 is 1.05 bits per heavy atom. The molecule has 0 aliphatic rings. The van der Waals surface area contributed by atoms with Gasteiger partial charge in [-0.25, -0.2) is 0 Å². The molecule has 2 aromatic rings. The first-order valence-electron chi connectivity index (χ1n) is 7.50. The van der Waals surface area contributed by atoms with Gasteiger partial charge in [-0.05, 0) is 55.2 Å². The molecule has 1 heterocycles. The first kappa shape index (κ1) is 16.6. The van der Waals surface area contributed by atoms with Crippen molar-refractivity contribution in [1.29, 1.82) is 0 Å². The maximum absolute atomic E-state index is 12.1. The van der Waals surface area contributed by atoms with Crippen LogP contribution in [0, 0.1) is 0 Å². The summed E-state index contributed by atoms with van der Waals surface area (Å²) in [6, 6.07) is 10.0. The first-order valence-corrected chi connectivity index (χ1v) is 9.16. The van der Waals surface area contributed by atoms with Crippen molar-refractivity contribution in [3.8, 4) is 0 Å². The van der Waals surface area contributed by atoms with Gasteiger partial charge in [-0.2, -0.15) is 0 Å². The molecule has 0 atom stereocenters. The van der Waals surface area contributed by atoms with Crippen molar-refractivity contribution in [2.45, 2.75) is 38.6 Å². The highest BCUT2D eigenvalue weighted by molar-refractivity contribution is 9.09. The molecule has 0 aliphatic heterocycles. The van der Waals surface area contributed by atoms with Crippen LogP contribution < -0.4 is 5.56 Å². The number of benzene rings is 1. The summed E-state index contributed by atoms with van der Waals surface area (Å²) < 4.78 is 1.88. The quantitative estimate of drug-likeness (QED) is 0.486. The fourth-order valence-electron chi connectivity index (χ4n) is 2.51. The number of alkyl halides is 2. The molecule has 0 N–H and O–H groups in total. The summed E-state index contributed by atoms with van der Waals surface area (Å²) in [5.74, 6) is 0.650. The van der Waals surface area contributed by atoms with Gasteiger partial charge in [0.1, 0.15) is 0 Å². The van der Waals surface area contributed by atoms with Gasteiger partial charge >= 0.3 is 0 Å². The van der Waals surface area contributed by atoms with E-state index in [1.165, 1.54) is 18.4 Å². The Morgan fingerprint density at radius 3 is 2.62 bits per heavy atom. The van der Waals surface area contributed by atoms with E-state index in [-0.39, 0.29) is 5.56 Å². The van der Waals surface area contributed by atoms with Crippen molar-refractivity contribution in [2.24, 2.45) is 0 Å². The number of nitrogens with zero attached hydrogens (tertiary/aromatic N) is 1. The van der Waals surface area contributed by atoms with E-state index in [2.05, 4.69) is 34.1 Å². The molecule has 0 spiro atoms. The molecule has 0 aliphatic carbocycles. The van der Waals surface area contributed by atoms with Gasteiger partial charge in [0.15, 0.2) is 0 Å². The van der Waals surface area contributed by atoms with Gasteiger partial charge in [0.2, 0.25) is 0 Å². The number of hydrogen-bond donors (Lipinski definition) is 0. The number of fused-ring (bicyclic) bond motifs is 1. The molecule has 2 rings (SSSR count). The Hall–Kier alpha value is -0.800. The molecule has 1 aromatic heterocycles. The standard InChI is InChI=1S/C17H21BrClNO/c18-10-2-1-5-14-6-7-15-8-9-17(21)20(16(15)13-14)12-4-3-11-19/h6-9,13H,1-5,10-12H2. The Kier molecular flexibility index (Phi) is 6.78. The van der Waals surface area contributed by atoms with Crippen LogP contribution in [0.4, 0.5) is 0 Å². The molecule has 2 nitrogen and oxygen atoms in total. The summed E-state index contributed by atoms with van der Waals surface area (Å²) in [6.07, 6.45) is 5.29. The van der Waals surface area contributed by atoms with Gasteiger partial charge in [-0.3, -0.25) is 4.79 Å². The Balaban J connectivity index is 2.28. The highest BCUT2D eigenvalue weighted by atomic mass is 79.9. The Bertz CT molecular complexity index is 638. The van der Waals surface area contributed by atoms with Gasteiger partial charge in [0.25, 0.3) is 5.56 Å². The molecular formula is C17H21BrClNO. The lowest BCUT2D eigenvalue weighted by Crippen LogP contribution is -2.19. The smallest absolute Gasteiger partial charge is 0.251 e. The maximum atomic E-state index is 12.1. The van der Waals surface area contributed by atoms with E-state index in [1.807, 2.05) is 10.6 Å². The summed E-state index contributed by atoms with van der Waals surface area (Å²) >= 11 is 9.19. The zero-order valence-corrected chi connectivity index (χ0v) is 14.5. The van der Waals surface area contributed by atoms with Crippen LogP contribution >= 0.6 is 27.5 Å². The second-order valence-electron chi connectivity index (χ2n) is 5.26. The summed E-state index contributed by atoms with van der Waals surface area (Å²) in [7, 11) is 0. The van der Waals surface area contributed by atoms with Gasteiger partial charge < -0.3 is 4.57 Å². The van der Waals surface area contributed by atoms with E-state index < -0.39 is 0 Å². The normalized spacial score (nSPS) is 11.1. The number of hydrogen-bond acceptors (Lipinski definition) is 1. The number of unbranched alkanes of at least 4 members (excludes halogenated alkanes) is 2. The van der Waals surface area contributed by atoms with Crippen molar-refractivity contribution in [1.82, 2.24) is 4.57 Å². The summed E-state index contributed by atoms with van der Waals surface area (Å²) in [5.41, 5.74) is 2.43. The maximum Gasteiger partial charge on any atom is 0.251 e. The summed E-state index contributed by atoms with van der Waals surface area (Å²) in [5, 5.41) is 2.17. The number of pyridine rings is 1. The lowest BCUT2D eigenvalue weighted by atomic mass is 10.1. The first-order chi connectivity index (χ1) is 10.3. The second-order valence-corrected chi connectivity index (χ2v) is 6.43. The Labute approximate surface area is 139 Å². The highest BCUT2D eigenvalue weighted by Crippen LogP contribution is 2.17. The minimum absolute atomic E-state index is 0.0784. The minimum Gasteiger partial charge on any atom is -0.308 e. The highest BCUT2D eigenvalue weighted by Gasteiger charge is 2.04. The minimum atomic E-state index is 0.0784. The van der Waals surface area contributed by atoms with Crippen LogP contribution in [0.5, 0.6) is 0 Å². The van der Waals surface area contributed by atoms with Crippen LogP contribution in [0.3, 0.4) is 0 Å². The van der Waals surface area contributed by atoms with E-state index in [9.17, 15) is 4.79 Å². The van der Waals surface area contributed by atoms with Crippen LogP contribution in [-0.2, 0) is 13.0 Å². The second kappa shape index (κ2) is 8.60. The summed E-state index contributed by atoms with van der Waals surface area (Å²) in [6.45, 7) is 0.744. The van der Waals surface area contributed by atoms with Gasteiger partial charge in [0, 0.05) is 23.8 Å². The molecule has 114 valence electrons. The Morgan fingerprint density at radius 2 is 1.86 bits per heavy atom. The molecule has 0 bridgehead atoms. The molecular weight excluding hydrogens is 350 g/mol. The average Bonchev–Trinajstić information content (AvgIpc) is 2.50. The fourth-order valence-corrected chi connectivity index (χ4v) is 3.09. The van der Waals surface area contributed by atoms with E-state index in [0.717, 1.165) is 42.0 Å². The van der Waals surface area contributed by atoms with E-state index in [4.69, 9.17) is 11.6 Å². The molecule has 0 amide bonds. The number of aryl methyl sites for hydroxylation is 2. The van der Waals surface area contributed by atoms with Crippen molar-refractivity contribution >= 4 is 38.4 Å². The third-order valence-corrected chi connectivity index (χ3v) is 4.50. The largest absolute Gasteiger partial charge is 0.308 e. The average molecular weight is 371 g/mol. The zero-order chi connectivity index (χ0) is 15.1. The molecule has 0 saturated carbocycles. The topological polar surface area (TPSA) is 22.0 Å². The molecule has 0 fully saturated rings. The lowest BCUT2D eigenvalue weighted by molar-refractivity contribution is 0.633. The molecule has 4 heteroatoms. The molecule has 0 unspecified atom stereocenters. The molecule has 0 saturated heterocycles. The van der Waals surface area contributed by atoms with Gasteiger partial charge in [-0.15, -0.1) is 11.6 Å².